The van der Waals surface area contributed by atoms with Crippen molar-refractivity contribution in [2.75, 3.05) is 21.3 Å². The molecule has 0 bridgehead atoms. The van der Waals surface area contributed by atoms with Crippen LogP contribution in [0.4, 0.5) is 0 Å². The molecule has 1 fully saturated rings. The van der Waals surface area contributed by atoms with Gasteiger partial charge < -0.3 is 19.5 Å². The van der Waals surface area contributed by atoms with Gasteiger partial charge in [0.15, 0.2) is 0 Å². The Bertz CT molecular complexity index is 641. The first-order chi connectivity index (χ1) is 11.7. The van der Waals surface area contributed by atoms with Gasteiger partial charge in [-0.15, -0.1) is 0 Å². The van der Waals surface area contributed by atoms with Crippen molar-refractivity contribution in [1.29, 1.82) is 0 Å². The number of hydrogen-bond acceptors (Lipinski definition) is 4. The molecule has 2 aromatic carbocycles. The fourth-order valence-corrected chi connectivity index (χ4v) is 3.28. The van der Waals surface area contributed by atoms with Crippen LogP contribution in [0.15, 0.2) is 42.5 Å². The summed E-state index contributed by atoms with van der Waals surface area (Å²) in [5, 5.41) is 3.62. The monoisotopic (exact) mass is 327 g/mol. The summed E-state index contributed by atoms with van der Waals surface area (Å²) in [6, 6.07) is 15.1. The van der Waals surface area contributed by atoms with Crippen LogP contribution in [0.5, 0.6) is 17.2 Å². The Morgan fingerprint density at radius 1 is 0.917 bits per heavy atom. The van der Waals surface area contributed by atoms with Crippen molar-refractivity contribution in [2.45, 2.75) is 31.3 Å². The summed E-state index contributed by atoms with van der Waals surface area (Å²) in [6.07, 6.45) is 2.34. The van der Waals surface area contributed by atoms with Gasteiger partial charge in [0, 0.05) is 24.7 Å². The average molecular weight is 327 g/mol. The minimum atomic E-state index is 0.534. The van der Waals surface area contributed by atoms with Crippen LogP contribution in [0.25, 0.3) is 0 Å². The quantitative estimate of drug-likeness (QED) is 0.841. The van der Waals surface area contributed by atoms with E-state index in [4.69, 9.17) is 14.2 Å². The van der Waals surface area contributed by atoms with E-state index in [1.54, 1.807) is 21.3 Å². The molecule has 1 aliphatic rings. The summed E-state index contributed by atoms with van der Waals surface area (Å²) in [5.74, 6) is 2.99. The van der Waals surface area contributed by atoms with Crippen molar-refractivity contribution in [3.05, 3.63) is 53.6 Å². The summed E-state index contributed by atoms with van der Waals surface area (Å²) in [5.41, 5.74) is 2.47. The minimum Gasteiger partial charge on any atom is -0.496 e. The predicted octanol–water partition coefficient (Wildman–Crippen LogP) is 3.75. The lowest BCUT2D eigenvalue weighted by Crippen LogP contribution is -2.39. The van der Waals surface area contributed by atoms with Gasteiger partial charge >= 0.3 is 0 Å². The van der Waals surface area contributed by atoms with E-state index in [-0.39, 0.29) is 0 Å². The molecule has 3 rings (SSSR count). The van der Waals surface area contributed by atoms with Crippen molar-refractivity contribution in [2.24, 2.45) is 0 Å². The molecule has 1 saturated carbocycles. The van der Waals surface area contributed by atoms with Crippen LogP contribution >= 0.6 is 0 Å². The first-order valence-corrected chi connectivity index (χ1v) is 8.32. The molecule has 0 amide bonds. The zero-order chi connectivity index (χ0) is 16.9. The van der Waals surface area contributed by atoms with Crippen LogP contribution in [0.2, 0.25) is 0 Å². The van der Waals surface area contributed by atoms with Crippen molar-refractivity contribution >= 4 is 0 Å². The van der Waals surface area contributed by atoms with Crippen LogP contribution in [-0.4, -0.2) is 27.4 Å². The van der Waals surface area contributed by atoms with E-state index >= 15 is 0 Å². The summed E-state index contributed by atoms with van der Waals surface area (Å²) in [6.45, 7) is 0.725. The second kappa shape index (κ2) is 7.58. The third kappa shape index (κ3) is 3.49. The SMILES string of the molecule is COc1cc(OC)c(CNC2CC(c3ccccc3)C2)c(OC)c1. The fraction of sp³-hybridized carbons (Fsp3) is 0.400. The highest BCUT2D eigenvalue weighted by Crippen LogP contribution is 2.38. The van der Waals surface area contributed by atoms with Crippen molar-refractivity contribution in [3.63, 3.8) is 0 Å². The molecular formula is C20H25NO3. The largest absolute Gasteiger partial charge is 0.496 e. The molecule has 1 aliphatic carbocycles. The van der Waals surface area contributed by atoms with Crippen molar-refractivity contribution < 1.29 is 14.2 Å². The number of nitrogens with one attached hydrogen (secondary N) is 1. The lowest BCUT2D eigenvalue weighted by atomic mass is 9.76. The van der Waals surface area contributed by atoms with Crippen molar-refractivity contribution in [1.82, 2.24) is 5.32 Å². The lowest BCUT2D eigenvalue weighted by Gasteiger charge is -2.36. The lowest BCUT2D eigenvalue weighted by molar-refractivity contribution is 0.285. The molecular weight excluding hydrogens is 302 g/mol. The summed E-state index contributed by atoms with van der Waals surface area (Å²) in [7, 11) is 4.99. The normalized spacial score (nSPS) is 19.5. The zero-order valence-electron chi connectivity index (χ0n) is 14.5. The summed E-state index contributed by atoms with van der Waals surface area (Å²) < 4.78 is 16.3. The van der Waals surface area contributed by atoms with E-state index < -0.39 is 0 Å². The van der Waals surface area contributed by atoms with E-state index in [0.717, 1.165) is 29.4 Å². The topological polar surface area (TPSA) is 39.7 Å². The maximum Gasteiger partial charge on any atom is 0.130 e. The van der Waals surface area contributed by atoms with E-state index in [9.17, 15) is 0 Å². The van der Waals surface area contributed by atoms with Crippen LogP contribution in [0, 0.1) is 0 Å². The maximum absolute atomic E-state index is 5.50. The number of methoxy groups -OCH3 is 3. The molecule has 0 atom stereocenters. The third-order valence-corrected chi connectivity index (χ3v) is 4.79. The van der Waals surface area contributed by atoms with Crippen LogP contribution < -0.4 is 19.5 Å². The number of benzene rings is 2. The van der Waals surface area contributed by atoms with E-state index in [0.29, 0.717) is 12.0 Å². The van der Waals surface area contributed by atoms with Crippen molar-refractivity contribution in [3.8, 4) is 17.2 Å². The van der Waals surface area contributed by atoms with E-state index in [2.05, 4.69) is 35.6 Å². The smallest absolute Gasteiger partial charge is 0.130 e. The highest BCUT2D eigenvalue weighted by Gasteiger charge is 2.30. The van der Waals surface area contributed by atoms with Crippen LogP contribution in [0.3, 0.4) is 0 Å². The van der Waals surface area contributed by atoms with Gasteiger partial charge in [-0.2, -0.15) is 0 Å². The number of rotatable bonds is 7. The Morgan fingerprint density at radius 3 is 2.08 bits per heavy atom. The van der Waals surface area contributed by atoms with Gasteiger partial charge in [-0.05, 0) is 24.3 Å². The van der Waals surface area contributed by atoms with E-state index in [1.165, 1.54) is 18.4 Å². The Morgan fingerprint density at radius 2 is 1.54 bits per heavy atom. The first-order valence-electron chi connectivity index (χ1n) is 8.32. The van der Waals surface area contributed by atoms with E-state index in [1.807, 2.05) is 12.1 Å². The minimum absolute atomic E-state index is 0.534. The van der Waals surface area contributed by atoms with Gasteiger partial charge in [-0.1, -0.05) is 30.3 Å². The fourth-order valence-electron chi connectivity index (χ4n) is 3.28. The maximum atomic E-state index is 5.50. The second-order valence-corrected chi connectivity index (χ2v) is 6.17. The molecule has 2 aromatic rings. The number of ether oxygens (including phenoxy) is 3. The Kier molecular flexibility index (Phi) is 5.26. The zero-order valence-corrected chi connectivity index (χ0v) is 14.5. The molecule has 0 radical (unpaired) electrons. The molecule has 1 N–H and O–H groups in total. The molecule has 0 spiro atoms. The van der Waals surface area contributed by atoms with Gasteiger partial charge in [0.25, 0.3) is 0 Å². The molecule has 4 heteroatoms. The molecule has 24 heavy (non-hydrogen) atoms. The van der Waals surface area contributed by atoms with Gasteiger partial charge in [-0.3, -0.25) is 0 Å². The molecule has 4 nitrogen and oxygen atoms in total. The second-order valence-electron chi connectivity index (χ2n) is 6.17. The molecule has 0 aliphatic heterocycles. The summed E-state index contributed by atoms with van der Waals surface area (Å²) in [4.78, 5) is 0. The van der Waals surface area contributed by atoms with Gasteiger partial charge in [0.2, 0.25) is 0 Å². The summed E-state index contributed by atoms with van der Waals surface area (Å²) >= 11 is 0. The van der Waals surface area contributed by atoms with Gasteiger partial charge in [-0.25, -0.2) is 0 Å². The third-order valence-electron chi connectivity index (χ3n) is 4.79. The predicted molar refractivity (Wildman–Crippen MR) is 95.1 cm³/mol. The molecule has 0 heterocycles. The number of hydrogen-bond donors (Lipinski definition) is 1. The molecule has 0 unspecified atom stereocenters. The molecule has 0 saturated heterocycles. The highest BCUT2D eigenvalue weighted by molar-refractivity contribution is 5.50. The standard InChI is InChI=1S/C20H25NO3/c1-22-17-11-19(23-2)18(20(12-17)24-3)13-21-16-9-15(10-16)14-7-5-4-6-8-14/h4-8,11-12,15-16,21H,9-10,13H2,1-3H3. The molecule has 128 valence electrons. The Hall–Kier alpha value is -2.20. The highest BCUT2D eigenvalue weighted by atomic mass is 16.5. The van der Waals surface area contributed by atoms with Gasteiger partial charge in [0.1, 0.15) is 17.2 Å². The van der Waals surface area contributed by atoms with Crippen LogP contribution in [-0.2, 0) is 6.54 Å². The molecule has 0 aromatic heterocycles. The van der Waals surface area contributed by atoms with Crippen LogP contribution in [0.1, 0.15) is 29.9 Å². The Balaban J connectivity index is 1.61. The average Bonchev–Trinajstić information content (AvgIpc) is 2.60. The Labute approximate surface area is 143 Å². The first kappa shape index (κ1) is 16.7. The van der Waals surface area contributed by atoms with Gasteiger partial charge in [0.05, 0.1) is 26.9 Å².